The molecule has 1 aliphatic heterocycles. The van der Waals surface area contributed by atoms with Gasteiger partial charge in [-0.05, 0) is 25.4 Å². The number of hydrogen-bond acceptors (Lipinski definition) is 5. The van der Waals surface area contributed by atoms with Crippen LogP contribution in [0.3, 0.4) is 0 Å². The third-order valence-corrected chi connectivity index (χ3v) is 3.38. The Morgan fingerprint density at radius 1 is 1.67 bits per heavy atom. The van der Waals surface area contributed by atoms with Gasteiger partial charge in [-0.1, -0.05) is 4.49 Å². The minimum absolute atomic E-state index is 0.00963. The van der Waals surface area contributed by atoms with Crippen molar-refractivity contribution in [1.82, 2.24) is 19.8 Å². The third kappa shape index (κ3) is 2.00. The van der Waals surface area contributed by atoms with Crippen LogP contribution in [0.15, 0.2) is 5.38 Å². The van der Waals surface area contributed by atoms with E-state index in [9.17, 15) is 4.79 Å². The molecule has 0 aromatic carbocycles. The first-order chi connectivity index (χ1) is 7.20. The molecule has 0 bridgehead atoms. The molecule has 2 unspecified atom stereocenters. The molecule has 1 amide bonds. The summed E-state index contributed by atoms with van der Waals surface area (Å²) in [4.78, 5) is 13.9. The lowest BCUT2D eigenvalue weighted by Gasteiger charge is -2.38. The fraction of sp³-hybridized carbons (Fsp3) is 0.667. The van der Waals surface area contributed by atoms with E-state index >= 15 is 0 Å². The molecule has 0 radical (unpaired) electrons. The van der Waals surface area contributed by atoms with Crippen LogP contribution in [0.4, 0.5) is 0 Å². The quantitative estimate of drug-likeness (QED) is 0.751. The molecule has 1 aliphatic rings. The Balaban J connectivity index is 2.13. The molecule has 5 nitrogen and oxygen atoms in total. The Bertz CT molecular complexity index is 340. The van der Waals surface area contributed by atoms with E-state index in [0.717, 1.165) is 13.1 Å². The van der Waals surface area contributed by atoms with Gasteiger partial charge in [0.05, 0.1) is 0 Å². The second kappa shape index (κ2) is 4.24. The van der Waals surface area contributed by atoms with Crippen LogP contribution in [0.5, 0.6) is 0 Å². The number of nitrogens with one attached hydrogen (secondary N) is 1. The molecule has 2 atom stereocenters. The highest BCUT2D eigenvalue weighted by Gasteiger charge is 2.29. The van der Waals surface area contributed by atoms with Crippen molar-refractivity contribution in [2.24, 2.45) is 0 Å². The Hall–Kier alpha value is -1.01. The monoisotopic (exact) mass is 226 g/mol. The van der Waals surface area contributed by atoms with E-state index in [1.54, 1.807) is 5.38 Å². The van der Waals surface area contributed by atoms with Crippen LogP contribution in [-0.4, -0.2) is 45.6 Å². The number of amides is 1. The van der Waals surface area contributed by atoms with Gasteiger partial charge >= 0.3 is 0 Å². The van der Waals surface area contributed by atoms with Crippen LogP contribution in [0.2, 0.25) is 0 Å². The molecule has 82 valence electrons. The van der Waals surface area contributed by atoms with Gasteiger partial charge in [-0.15, -0.1) is 5.10 Å². The van der Waals surface area contributed by atoms with E-state index in [0.29, 0.717) is 11.7 Å². The minimum atomic E-state index is -0.00963. The van der Waals surface area contributed by atoms with Crippen LogP contribution in [0, 0.1) is 0 Å². The van der Waals surface area contributed by atoms with Gasteiger partial charge in [-0.3, -0.25) is 4.79 Å². The average molecular weight is 226 g/mol. The predicted octanol–water partition coefficient (Wildman–Crippen LogP) is 0.360. The van der Waals surface area contributed by atoms with Gasteiger partial charge in [-0.2, -0.15) is 0 Å². The zero-order valence-corrected chi connectivity index (χ0v) is 9.62. The fourth-order valence-corrected chi connectivity index (χ4v) is 2.18. The number of rotatable bonds is 1. The standard InChI is InChI=1S/C9H14N4OS/c1-6-7(2)13(4-3-10-6)9(14)8-5-15-12-11-8/h5-7,10H,3-4H2,1-2H3. The van der Waals surface area contributed by atoms with Crippen molar-refractivity contribution in [3.05, 3.63) is 11.1 Å². The van der Waals surface area contributed by atoms with Crippen LogP contribution in [0.1, 0.15) is 24.3 Å². The molecule has 1 saturated heterocycles. The zero-order chi connectivity index (χ0) is 10.8. The Kier molecular flexibility index (Phi) is 2.97. The molecule has 2 heterocycles. The Labute approximate surface area is 92.6 Å². The number of aromatic nitrogens is 2. The molecule has 15 heavy (non-hydrogen) atoms. The Morgan fingerprint density at radius 3 is 3.13 bits per heavy atom. The third-order valence-electron chi connectivity index (χ3n) is 2.87. The number of carbonyl (C=O) groups is 1. The minimum Gasteiger partial charge on any atom is -0.332 e. The maximum absolute atomic E-state index is 12.0. The van der Waals surface area contributed by atoms with Crippen LogP contribution in [0.25, 0.3) is 0 Å². The average Bonchev–Trinajstić information content (AvgIpc) is 2.74. The van der Waals surface area contributed by atoms with Crippen LogP contribution >= 0.6 is 11.5 Å². The highest BCUT2D eigenvalue weighted by atomic mass is 32.1. The maximum atomic E-state index is 12.0. The van der Waals surface area contributed by atoms with Crippen molar-refractivity contribution >= 4 is 17.4 Å². The smallest absolute Gasteiger partial charge is 0.275 e. The van der Waals surface area contributed by atoms with Crippen molar-refractivity contribution < 1.29 is 4.79 Å². The van der Waals surface area contributed by atoms with E-state index < -0.39 is 0 Å². The summed E-state index contributed by atoms with van der Waals surface area (Å²) in [5.41, 5.74) is 0.459. The first kappa shape index (κ1) is 10.5. The largest absolute Gasteiger partial charge is 0.332 e. The van der Waals surface area contributed by atoms with Crippen molar-refractivity contribution in [2.45, 2.75) is 25.9 Å². The summed E-state index contributed by atoms with van der Waals surface area (Å²) in [7, 11) is 0. The van der Waals surface area contributed by atoms with Crippen molar-refractivity contribution in [3.63, 3.8) is 0 Å². The summed E-state index contributed by atoms with van der Waals surface area (Å²) >= 11 is 1.21. The van der Waals surface area contributed by atoms with Gasteiger partial charge in [-0.25, -0.2) is 0 Å². The van der Waals surface area contributed by atoms with Crippen LogP contribution < -0.4 is 5.32 Å². The fourth-order valence-electron chi connectivity index (χ4n) is 1.75. The van der Waals surface area contributed by atoms with E-state index in [-0.39, 0.29) is 11.9 Å². The van der Waals surface area contributed by atoms with E-state index in [2.05, 4.69) is 28.8 Å². The van der Waals surface area contributed by atoms with Gasteiger partial charge in [0, 0.05) is 30.6 Å². The molecule has 1 fully saturated rings. The molecule has 0 saturated carbocycles. The summed E-state index contributed by atoms with van der Waals surface area (Å²) in [6, 6.07) is 0.530. The van der Waals surface area contributed by atoms with E-state index in [4.69, 9.17) is 0 Å². The second-order valence-electron chi connectivity index (χ2n) is 3.77. The first-order valence-electron chi connectivity index (χ1n) is 5.01. The Morgan fingerprint density at radius 2 is 2.47 bits per heavy atom. The lowest BCUT2D eigenvalue weighted by Crippen LogP contribution is -2.57. The number of nitrogens with zero attached hydrogens (tertiary/aromatic N) is 3. The van der Waals surface area contributed by atoms with Gasteiger partial charge in [0.15, 0.2) is 5.69 Å². The molecule has 6 heteroatoms. The summed E-state index contributed by atoms with van der Waals surface area (Å²) in [5.74, 6) is -0.00963. The summed E-state index contributed by atoms with van der Waals surface area (Å²) in [5, 5.41) is 8.84. The molecule has 1 N–H and O–H groups in total. The number of piperazine rings is 1. The molecule has 0 spiro atoms. The zero-order valence-electron chi connectivity index (χ0n) is 8.80. The lowest BCUT2D eigenvalue weighted by molar-refractivity contribution is 0.0597. The molecular formula is C9H14N4OS. The summed E-state index contributed by atoms with van der Waals surface area (Å²) < 4.78 is 3.71. The van der Waals surface area contributed by atoms with Gasteiger partial charge in [0.25, 0.3) is 5.91 Å². The van der Waals surface area contributed by atoms with Gasteiger partial charge in [0.2, 0.25) is 0 Å². The molecule has 1 aromatic rings. The molecule has 1 aromatic heterocycles. The summed E-state index contributed by atoms with van der Waals surface area (Å²) in [6.07, 6.45) is 0. The topological polar surface area (TPSA) is 58.1 Å². The number of carbonyl (C=O) groups excluding carboxylic acids is 1. The highest BCUT2D eigenvalue weighted by molar-refractivity contribution is 7.03. The number of hydrogen-bond donors (Lipinski definition) is 1. The molecule has 0 aliphatic carbocycles. The normalized spacial score (nSPS) is 26.7. The van der Waals surface area contributed by atoms with Gasteiger partial charge < -0.3 is 10.2 Å². The van der Waals surface area contributed by atoms with Gasteiger partial charge in [0.1, 0.15) is 0 Å². The molecule has 2 rings (SSSR count). The van der Waals surface area contributed by atoms with Crippen molar-refractivity contribution in [2.75, 3.05) is 13.1 Å². The van der Waals surface area contributed by atoms with Crippen molar-refractivity contribution in [1.29, 1.82) is 0 Å². The molecular weight excluding hydrogens is 212 g/mol. The predicted molar refractivity (Wildman–Crippen MR) is 57.9 cm³/mol. The maximum Gasteiger partial charge on any atom is 0.275 e. The SMILES string of the molecule is CC1NCCN(C(=O)c2csnn2)C1C. The van der Waals surface area contributed by atoms with E-state index in [1.807, 2.05) is 4.90 Å². The lowest BCUT2D eigenvalue weighted by atomic mass is 10.1. The van der Waals surface area contributed by atoms with Crippen LogP contribution in [-0.2, 0) is 0 Å². The second-order valence-corrected chi connectivity index (χ2v) is 4.38. The highest BCUT2D eigenvalue weighted by Crippen LogP contribution is 2.12. The first-order valence-corrected chi connectivity index (χ1v) is 5.85. The van der Waals surface area contributed by atoms with Crippen molar-refractivity contribution in [3.8, 4) is 0 Å². The van der Waals surface area contributed by atoms with E-state index in [1.165, 1.54) is 11.5 Å². The summed E-state index contributed by atoms with van der Waals surface area (Å²) in [6.45, 7) is 5.72.